The second-order valence-electron chi connectivity index (χ2n) is 8.34. The summed E-state index contributed by atoms with van der Waals surface area (Å²) in [6, 6.07) is 0.998. The maximum Gasteiger partial charge on any atom is 0.333 e. The van der Waals surface area contributed by atoms with Gasteiger partial charge in [0.05, 0.1) is 6.61 Å². The Hall–Kier alpha value is -1.23. The molecule has 0 N–H and O–H groups in total. The van der Waals surface area contributed by atoms with Crippen LogP contribution in [0.3, 0.4) is 0 Å². The van der Waals surface area contributed by atoms with E-state index in [-0.39, 0.29) is 24.4 Å². The van der Waals surface area contributed by atoms with Gasteiger partial charge in [0.1, 0.15) is 6.61 Å². The highest BCUT2D eigenvalue weighted by Gasteiger charge is 2.29. The van der Waals surface area contributed by atoms with Gasteiger partial charge in [-0.25, -0.2) is 9.59 Å². The number of hydrogen-bond donors (Lipinski definition) is 0. The van der Waals surface area contributed by atoms with Crippen LogP contribution in [0.25, 0.3) is 0 Å². The maximum atomic E-state index is 11.7. The Bertz CT molecular complexity index is 537. The van der Waals surface area contributed by atoms with Crippen LogP contribution >= 0.6 is 0 Å². The van der Waals surface area contributed by atoms with Crippen LogP contribution in [-0.2, 0) is 27.9 Å². The van der Waals surface area contributed by atoms with E-state index in [1.54, 1.807) is 13.8 Å². The van der Waals surface area contributed by atoms with E-state index in [0.717, 1.165) is 12.5 Å². The first kappa shape index (κ1) is 25.8. The lowest BCUT2D eigenvalue weighted by Crippen LogP contribution is -2.42. The van der Waals surface area contributed by atoms with Crippen LogP contribution in [0.2, 0.25) is 38.8 Å². The van der Waals surface area contributed by atoms with Gasteiger partial charge >= 0.3 is 11.9 Å². The van der Waals surface area contributed by atoms with Crippen molar-refractivity contribution in [1.82, 2.24) is 0 Å². The van der Waals surface area contributed by atoms with E-state index in [2.05, 4.69) is 45.9 Å². The van der Waals surface area contributed by atoms with Gasteiger partial charge in [-0.3, -0.25) is 0 Å². The predicted molar refractivity (Wildman–Crippen MR) is 113 cm³/mol. The standard InChI is InChI=1S/C19H36O6Si2/c1-15(2)18(20)23-14-17(24-19(21)16(3)4)13-22-11-10-12-27(8,9)25-26(5,6)7/h17H,1,3,10-14H2,2,4-9H3. The van der Waals surface area contributed by atoms with Gasteiger partial charge in [0, 0.05) is 17.8 Å². The molecule has 8 heteroatoms. The molecular formula is C19H36O6Si2. The summed E-state index contributed by atoms with van der Waals surface area (Å²) >= 11 is 0. The summed E-state index contributed by atoms with van der Waals surface area (Å²) in [7, 11) is -3.23. The molecule has 0 aromatic carbocycles. The highest BCUT2D eigenvalue weighted by Crippen LogP contribution is 2.19. The summed E-state index contributed by atoms with van der Waals surface area (Å²) in [5.74, 6) is -1.06. The molecule has 0 aliphatic carbocycles. The zero-order valence-electron chi connectivity index (χ0n) is 18.0. The van der Waals surface area contributed by atoms with Crippen LogP contribution in [0, 0.1) is 0 Å². The van der Waals surface area contributed by atoms with E-state index in [0.29, 0.717) is 6.61 Å². The molecule has 0 aliphatic heterocycles. The first-order valence-corrected chi connectivity index (χ1v) is 15.7. The van der Waals surface area contributed by atoms with Gasteiger partial charge in [0.2, 0.25) is 0 Å². The van der Waals surface area contributed by atoms with Crippen LogP contribution in [0.4, 0.5) is 0 Å². The lowest BCUT2D eigenvalue weighted by Gasteiger charge is -2.31. The maximum absolute atomic E-state index is 11.7. The highest BCUT2D eigenvalue weighted by molar-refractivity contribution is 6.84. The van der Waals surface area contributed by atoms with Crippen molar-refractivity contribution in [3.63, 3.8) is 0 Å². The smallest absolute Gasteiger partial charge is 0.333 e. The van der Waals surface area contributed by atoms with Gasteiger partial charge in [-0.1, -0.05) is 13.2 Å². The summed E-state index contributed by atoms with van der Waals surface area (Å²) in [4.78, 5) is 23.3. The van der Waals surface area contributed by atoms with Crippen molar-refractivity contribution in [3.05, 3.63) is 24.3 Å². The van der Waals surface area contributed by atoms with Crippen LogP contribution in [-0.4, -0.2) is 54.5 Å². The van der Waals surface area contributed by atoms with Crippen LogP contribution in [0.1, 0.15) is 20.3 Å². The molecule has 0 bridgehead atoms. The van der Waals surface area contributed by atoms with E-state index >= 15 is 0 Å². The van der Waals surface area contributed by atoms with Crippen molar-refractivity contribution in [2.75, 3.05) is 19.8 Å². The lowest BCUT2D eigenvalue weighted by atomic mass is 10.3. The molecule has 0 aromatic heterocycles. The molecule has 0 spiro atoms. The molecule has 0 radical (unpaired) electrons. The van der Waals surface area contributed by atoms with E-state index in [1.807, 2.05) is 0 Å². The molecule has 0 fully saturated rings. The summed E-state index contributed by atoms with van der Waals surface area (Å²) in [5, 5.41) is 0. The van der Waals surface area contributed by atoms with E-state index in [9.17, 15) is 9.59 Å². The average Bonchev–Trinajstić information content (AvgIpc) is 2.48. The third-order valence-corrected chi connectivity index (χ3v) is 9.54. The second kappa shape index (κ2) is 11.6. The van der Waals surface area contributed by atoms with Gasteiger partial charge in [0.15, 0.2) is 22.7 Å². The Morgan fingerprint density at radius 1 is 0.926 bits per heavy atom. The van der Waals surface area contributed by atoms with Crippen LogP contribution < -0.4 is 0 Å². The summed E-state index contributed by atoms with van der Waals surface area (Å²) in [5.41, 5.74) is 0.568. The van der Waals surface area contributed by atoms with Crippen molar-refractivity contribution in [2.24, 2.45) is 0 Å². The Balaban J connectivity index is 4.42. The minimum atomic E-state index is -1.69. The first-order valence-electron chi connectivity index (χ1n) is 9.20. The minimum Gasteiger partial charge on any atom is -0.458 e. The van der Waals surface area contributed by atoms with Crippen LogP contribution in [0.15, 0.2) is 24.3 Å². The highest BCUT2D eigenvalue weighted by atomic mass is 28.4. The van der Waals surface area contributed by atoms with Gasteiger partial charge in [-0.05, 0) is 59.0 Å². The molecule has 1 atom stereocenters. The minimum absolute atomic E-state index is 0.0797. The lowest BCUT2D eigenvalue weighted by molar-refractivity contribution is -0.157. The molecule has 0 rings (SSSR count). The third-order valence-electron chi connectivity index (χ3n) is 3.32. The summed E-state index contributed by atoms with van der Waals surface area (Å²) in [6.45, 7) is 21.8. The van der Waals surface area contributed by atoms with Crippen molar-refractivity contribution in [1.29, 1.82) is 0 Å². The molecule has 156 valence electrons. The Morgan fingerprint density at radius 3 is 1.96 bits per heavy atom. The quantitative estimate of drug-likeness (QED) is 0.195. The fourth-order valence-electron chi connectivity index (χ4n) is 2.35. The van der Waals surface area contributed by atoms with Gasteiger partial charge in [-0.15, -0.1) is 0 Å². The molecular weight excluding hydrogens is 380 g/mol. The molecule has 0 heterocycles. The van der Waals surface area contributed by atoms with Gasteiger partial charge in [0.25, 0.3) is 0 Å². The van der Waals surface area contributed by atoms with E-state index < -0.39 is 34.7 Å². The fourth-order valence-corrected chi connectivity index (χ4v) is 10.4. The Labute approximate surface area is 166 Å². The predicted octanol–water partition coefficient (Wildman–Crippen LogP) is 4.06. The average molecular weight is 417 g/mol. The third kappa shape index (κ3) is 13.6. The number of hydrogen-bond acceptors (Lipinski definition) is 6. The van der Waals surface area contributed by atoms with Gasteiger partial charge < -0.3 is 18.3 Å². The zero-order valence-corrected chi connectivity index (χ0v) is 20.0. The second-order valence-corrected chi connectivity index (χ2v) is 17.4. The molecule has 0 aromatic rings. The van der Waals surface area contributed by atoms with Crippen molar-refractivity contribution in [2.45, 2.75) is 65.2 Å². The normalized spacial score (nSPS) is 13.0. The van der Waals surface area contributed by atoms with Crippen molar-refractivity contribution >= 4 is 28.6 Å². The molecule has 0 saturated carbocycles. The molecule has 27 heavy (non-hydrogen) atoms. The molecule has 0 amide bonds. The van der Waals surface area contributed by atoms with Gasteiger partial charge in [-0.2, -0.15) is 0 Å². The molecule has 1 unspecified atom stereocenters. The molecule has 6 nitrogen and oxygen atoms in total. The number of carbonyl (C=O) groups is 2. The topological polar surface area (TPSA) is 71.1 Å². The molecule has 0 saturated heterocycles. The largest absolute Gasteiger partial charge is 0.458 e. The van der Waals surface area contributed by atoms with Crippen molar-refractivity contribution < 1.29 is 27.9 Å². The number of esters is 2. The molecule has 0 aliphatic rings. The number of carbonyl (C=O) groups excluding carboxylic acids is 2. The summed E-state index contributed by atoms with van der Waals surface area (Å²) < 4.78 is 22.3. The van der Waals surface area contributed by atoms with E-state index in [4.69, 9.17) is 18.3 Å². The Morgan fingerprint density at radius 2 is 1.48 bits per heavy atom. The van der Waals surface area contributed by atoms with Crippen LogP contribution in [0.5, 0.6) is 0 Å². The van der Waals surface area contributed by atoms with Crippen molar-refractivity contribution in [3.8, 4) is 0 Å². The fraction of sp³-hybridized carbons (Fsp3) is 0.684. The van der Waals surface area contributed by atoms with E-state index in [1.165, 1.54) is 0 Å². The number of rotatable bonds is 13. The zero-order chi connectivity index (χ0) is 21.3. The summed E-state index contributed by atoms with van der Waals surface area (Å²) in [6.07, 6.45) is 0.192. The first-order chi connectivity index (χ1) is 12.2. The monoisotopic (exact) mass is 416 g/mol. The Kier molecular flexibility index (Phi) is 11.1. The number of ether oxygens (including phenoxy) is 3. The SMILES string of the molecule is C=C(C)C(=O)OCC(COCCC[Si](C)(C)O[Si](C)(C)C)OC(=O)C(=C)C.